The summed E-state index contributed by atoms with van der Waals surface area (Å²) in [4.78, 5) is 10.5. The zero-order valence-electron chi connectivity index (χ0n) is 8.57. The Labute approximate surface area is 102 Å². The molecular formula is C11H12BrNO3. The number of benzene rings is 1. The van der Waals surface area contributed by atoms with Gasteiger partial charge >= 0.3 is 5.97 Å². The average Bonchev–Trinajstić information content (AvgIpc) is 2.25. The molecule has 16 heavy (non-hydrogen) atoms. The first-order valence-electron chi connectivity index (χ1n) is 5.06. The average molecular weight is 286 g/mol. The number of anilines is 1. The zero-order valence-corrected chi connectivity index (χ0v) is 10.2. The molecule has 1 aliphatic heterocycles. The van der Waals surface area contributed by atoms with Crippen molar-refractivity contribution in [1.29, 1.82) is 0 Å². The van der Waals surface area contributed by atoms with Gasteiger partial charge in [0.15, 0.2) is 0 Å². The summed E-state index contributed by atoms with van der Waals surface area (Å²) in [5, 5.41) is 11.9. The fourth-order valence-corrected chi connectivity index (χ4v) is 2.01. The molecule has 5 heteroatoms. The molecule has 2 rings (SSSR count). The first-order chi connectivity index (χ1) is 7.65. The van der Waals surface area contributed by atoms with Gasteiger partial charge in [0, 0.05) is 10.9 Å². The number of nitrogens with one attached hydrogen (secondary N) is 1. The summed E-state index contributed by atoms with van der Waals surface area (Å²) in [5.74, 6) is 0.0385. The van der Waals surface area contributed by atoms with Crippen LogP contribution in [0.25, 0.3) is 0 Å². The maximum Gasteiger partial charge on any atom is 0.303 e. The van der Waals surface area contributed by atoms with Gasteiger partial charge in [0.2, 0.25) is 0 Å². The van der Waals surface area contributed by atoms with Crippen LogP contribution in [0.3, 0.4) is 0 Å². The molecule has 0 saturated carbocycles. The molecule has 0 amide bonds. The van der Waals surface area contributed by atoms with Gasteiger partial charge in [0.25, 0.3) is 0 Å². The summed E-state index contributed by atoms with van der Waals surface area (Å²) in [6, 6.07) is 5.80. The monoisotopic (exact) mass is 285 g/mol. The number of hydrogen-bond acceptors (Lipinski definition) is 3. The Bertz CT molecular complexity index is 408. The van der Waals surface area contributed by atoms with Crippen molar-refractivity contribution in [3.05, 3.63) is 22.7 Å². The van der Waals surface area contributed by atoms with Crippen LogP contribution in [0.1, 0.15) is 12.8 Å². The fraction of sp³-hybridized carbons (Fsp3) is 0.364. The van der Waals surface area contributed by atoms with Crippen molar-refractivity contribution in [3.63, 3.8) is 0 Å². The molecule has 4 nitrogen and oxygen atoms in total. The lowest BCUT2D eigenvalue weighted by Crippen LogP contribution is -2.31. The van der Waals surface area contributed by atoms with E-state index in [9.17, 15) is 4.79 Å². The smallest absolute Gasteiger partial charge is 0.303 e. The van der Waals surface area contributed by atoms with E-state index in [-0.39, 0.29) is 12.5 Å². The molecular weight excluding hydrogens is 274 g/mol. The van der Waals surface area contributed by atoms with Crippen LogP contribution in [-0.4, -0.2) is 23.7 Å². The molecule has 0 spiro atoms. The van der Waals surface area contributed by atoms with Gasteiger partial charge in [-0.2, -0.15) is 0 Å². The second kappa shape index (κ2) is 4.74. The first-order valence-corrected chi connectivity index (χ1v) is 5.85. The van der Waals surface area contributed by atoms with Gasteiger partial charge in [-0.25, -0.2) is 0 Å². The third-order valence-electron chi connectivity index (χ3n) is 2.45. The molecule has 0 saturated heterocycles. The zero-order chi connectivity index (χ0) is 11.5. The van der Waals surface area contributed by atoms with Gasteiger partial charge in [0.05, 0.1) is 11.7 Å². The fourth-order valence-electron chi connectivity index (χ4n) is 1.65. The van der Waals surface area contributed by atoms with Gasteiger partial charge in [-0.05, 0) is 24.6 Å². The number of carbonyl (C=O) groups is 1. The molecule has 1 heterocycles. The van der Waals surface area contributed by atoms with Crippen LogP contribution in [0.2, 0.25) is 0 Å². The van der Waals surface area contributed by atoms with Crippen molar-refractivity contribution in [2.75, 3.05) is 11.9 Å². The molecule has 86 valence electrons. The molecule has 0 aromatic heterocycles. The van der Waals surface area contributed by atoms with Crippen molar-refractivity contribution in [3.8, 4) is 5.75 Å². The molecule has 2 N–H and O–H groups in total. The number of carboxylic acids is 1. The van der Waals surface area contributed by atoms with E-state index in [4.69, 9.17) is 9.84 Å². The van der Waals surface area contributed by atoms with Crippen LogP contribution < -0.4 is 10.1 Å². The van der Waals surface area contributed by atoms with Crippen molar-refractivity contribution in [2.45, 2.75) is 18.9 Å². The summed E-state index contributed by atoms with van der Waals surface area (Å²) < 4.78 is 6.52. The van der Waals surface area contributed by atoms with Crippen LogP contribution in [0.5, 0.6) is 5.75 Å². The third-order valence-corrected chi connectivity index (χ3v) is 2.94. The Balaban J connectivity index is 2.02. The summed E-state index contributed by atoms with van der Waals surface area (Å²) in [5.41, 5.74) is 0.913. The molecule has 1 aliphatic rings. The highest BCUT2D eigenvalue weighted by atomic mass is 79.9. The number of rotatable bonds is 3. The SMILES string of the molecule is O=C(O)CCC1COc2ccc(Br)cc2N1. The van der Waals surface area contributed by atoms with Gasteiger partial charge in [0.1, 0.15) is 12.4 Å². The normalized spacial score (nSPS) is 18.2. The summed E-state index contributed by atoms with van der Waals surface area (Å²) >= 11 is 3.38. The minimum absolute atomic E-state index is 0.0675. The minimum atomic E-state index is -0.776. The van der Waals surface area contributed by atoms with Crippen molar-refractivity contribution in [2.24, 2.45) is 0 Å². The second-order valence-corrected chi connectivity index (χ2v) is 4.64. The van der Waals surface area contributed by atoms with Crippen molar-refractivity contribution in [1.82, 2.24) is 0 Å². The van der Waals surface area contributed by atoms with E-state index in [1.165, 1.54) is 0 Å². The van der Waals surface area contributed by atoms with Crippen LogP contribution in [-0.2, 0) is 4.79 Å². The summed E-state index contributed by atoms with van der Waals surface area (Å²) in [6.45, 7) is 0.516. The molecule has 1 aromatic carbocycles. The number of aliphatic carboxylic acids is 1. The van der Waals surface area contributed by atoms with Crippen LogP contribution >= 0.6 is 15.9 Å². The van der Waals surface area contributed by atoms with Crippen molar-refractivity contribution >= 4 is 27.6 Å². The molecule has 0 fully saturated rings. The predicted molar refractivity (Wildman–Crippen MR) is 63.9 cm³/mol. The Hall–Kier alpha value is -1.23. The quantitative estimate of drug-likeness (QED) is 0.896. The minimum Gasteiger partial charge on any atom is -0.489 e. The maximum atomic E-state index is 10.5. The van der Waals surface area contributed by atoms with Crippen molar-refractivity contribution < 1.29 is 14.6 Å². The van der Waals surface area contributed by atoms with Crippen LogP contribution in [0.15, 0.2) is 22.7 Å². The molecule has 1 unspecified atom stereocenters. The van der Waals surface area contributed by atoms with E-state index in [1.54, 1.807) is 0 Å². The Morgan fingerprint density at radius 1 is 1.62 bits per heavy atom. The van der Waals surface area contributed by atoms with E-state index >= 15 is 0 Å². The van der Waals surface area contributed by atoms with E-state index in [0.29, 0.717) is 13.0 Å². The van der Waals surface area contributed by atoms with E-state index in [2.05, 4.69) is 21.2 Å². The largest absolute Gasteiger partial charge is 0.489 e. The standard InChI is InChI=1S/C11H12BrNO3/c12-7-1-3-10-9(5-7)13-8(6-16-10)2-4-11(14)15/h1,3,5,8,13H,2,4,6H2,(H,14,15). The Morgan fingerprint density at radius 3 is 3.19 bits per heavy atom. The third kappa shape index (κ3) is 2.66. The lowest BCUT2D eigenvalue weighted by Gasteiger charge is -2.27. The van der Waals surface area contributed by atoms with E-state index in [0.717, 1.165) is 15.9 Å². The van der Waals surface area contributed by atoms with Gasteiger partial charge in [-0.15, -0.1) is 0 Å². The highest BCUT2D eigenvalue weighted by Crippen LogP contribution is 2.32. The molecule has 0 radical (unpaired) electrons. The van der Waals surface area contributed by atoms with E-state index < -0.39 is 5.97 Å². The Morgan fingerprint density at radius 2 is 2.44 bits per heavy atom. The van der Waals surface area contributed by atoms with Gasteiger partial charge < -0.3 is 15.2 Å². The second-order valence-electron chi connectivity index (χ2n) is 3.73. The van der Waals surface area contributed by atoms with Crippen LogP contribution in [0, 0.1) is 0 Å². The summed E-state index contributed by atoms with van der Waals surface area (Å²) in [6.07, 6.45) is 0.728. The van der Waals surface area contributed by atoms with Gasteiger partial charge in [-0.1, -0.05) is 15.9 Å². The summed E-state index contributed by atoms with van der Waals surface area (Å²) in [7, 11) is 0. The number of fused-ring (bicyclic) bond motifs is 1. The maximum absolute atomic E-state index is 10.5. The Kier molecular flexibility index (Phi) is 3.33. The highest BCUT2D eigenvalue weighted by Gasteiger charge is 2.19. The lowest BCUT2D eigenvalue weighted by atomic mass is 10.1. The number of hydrogen-bond donors (Lipinski definition) is 2. The molecule has 0 aliphatic carbocycles. The number of halogens is 1. The topological polar surface area (TPSA) is 58.6 Å². The highest BCUT2D eigenvalue weighted by molar-refractivity contribution is 9.10. The van der Waals surface area contributed by atoms with Crippen LogP contribution in [0.4, 0.5) is 5.69 Å². The van der Waals surface area contributed by atoms with E-state index in [1.807, 2.05) is 18.2 Å². The molecule has 0 bridgehead atoms. The van der Waals surface area contributed by atoms with Gasteiger partial charge in [-0.3, -0.25) is 4.79 Å². The lowest BCUT2D eigenvalue weighted by molar-refractivity contribution is -0.137. The first kappa shape index (κ1) is 11.3. The number of carboxylic acid groups (broad SMARTS) is 1. The number of ether oxygens (including phenoxy) is 1. The predicted octanol–water partition coefficient (Wildman–Crippen LogP) is 2.49. The molecule has 1 atom stereocenters. The molecule has 1 aromatic rings.